The number of carbonyl (C=O) groups is 1. The van der Waals surface area contributed by atoms with Gasteiger partial charge in [-0.1, -0.05) is 18.2 Å². The van der Waals surface area contributed by atoms with Crippen LogP contribution in [0, 0.1) is 0 Å². The molecule has 0 bridgehead atoms. The third-order valence-corrected chi connectivity index (χ3v) is 1.95. The summed E-state index contributed by atoms with van der Waals surface area (Å²) in [6.45, 7) is 1.08. The molecule has 0 fully saturated rings. The van der Waals surface area contributed by atoms with Crippen LogP contribution < -0.4 is 4.74 Å². The zero-order chi connectivity index (χ0) is 14.1. The quantitative estimate of drug-likeness (QED) is 0.887. The van der Waals surface area contributed by atoms with Gasteiger partial charge in [0.15, 0.2) is 0 Å². The fourth-order valence-corrected chi connectivity index (χ4v) is 1.21. The second-order valence-corrected chi connectivity index (χ2v) is 3.59. The first kappa shape index (κ1) is 14.7. The molecule has 2 aromatic rings. The molecule has 5 heteroatoms. The van der Waals surface area contributed by atoms with E-state index < -0.39 is 5.97 Å². The van der Waals surface area contributed by atoms with Gasteiger partial charge in [0.05, 0.1) is 6.61 Å². The largest absolute Gasteiger partial charge is 0.481 e. The fraction of sp³-hybridized carbons (Fsp3) is 0.143. The summed E-state index contributed by atoms with van der Waals surface area (Å²) in [5, 5.41) is 16.4. The van der Waals surface area contributed by atoms with Crippen LogP contribution in [0.15, 0.2) is 48.7 Å². The summed E-state index contributed by atoms with van der Waals surface area (Å²) < 4.78 is 5.50. The summed E-state index contributed by atoms with van der Waals surface area (Å²) in [6, 6.07) is 12.9. The maximum absolute atomic E-state index is 9.00. The lowest BCUT2D eigenvalue weighted by Crippen LogP contribution is -1.90. The summed E-state index contributed by atoms with van der Waals surface area (Å²) >= 11 is 0. The number of para-hydroxylation sites is 1. The van der Waals surface area contributed by atoms with Gasteiger partial charge >= 0.3 is 0 Å². The van der Waals surface area contributed by atoms with Crippen molar-refractivity contribution in [3.05, 3.63) is 54.2 Å². The number of pyridine rings is 1. The molecule has 2 N–H and O–H groups in total. The first-order valence-corrected chi connectivity index (χ1v) is 5.60. The number of rotatable bonds is 3. The van der Waals surface area contributed by atoms with Gasteiger partial charge in [0.2, 0.25) is 5.88 Å². The predicted octanol–water partition coefficient (Wildman–Crippen LogP) is 2.46. The summed E-state index contributed by atoms with van der Waals surface area (Å²) in [5.74, 6) is 0.396. The van der Waals surface area contributed by atoms with E-state index in [0.29, 0.717) is 5.88 Å². The number of hydrogen-bond acceptors (Lipinski definition) is 4. The molecule has 0 amide bonds. The van der Waals surface area contributed by atoms with Crippen molar-refractivity contribution < 1.29 is 19.7 Å². The molecule has 5 nitrogen and oxygen atoms in total. The van der Waals surface area contributed by atoms with E-state index in [4.69, 9.17) is 19.7 Å². The highest BCUT2D eigenvalue weighted by Gasteiger charge is 1.98. The second kappa shape index (κ2) is 7.84. The number of nitrogens with zero attached hydrogens (tertiary/aromatic N) is 1. The summed E-state index contributed by atoms with van der Waals surface area (Å²) in [4.78, 5) is 13.0. The molecule has 19 heavy (non-hydrogen) atoms. The zero-order valence-electron chi connectivity index (χ0n) is 10.5. The highest BCUT2D eigenvalue weighted by atomic mass is 16.5. The van der Waals surface area contributed by atoms with E-state index in [1.54, 1.807) is 18.3 Å². The highest BCUT2D eigenvalue weighted by molar-refractivity contribution is 5.62. The van der Waals surface area contributed by atoms with Gasteiger partial charge in [0.25, 0.3) is 5.97 Å². The molecule has 0 saturated carbocycles. The van der Waals surface area contributed by atoms with Crippen LogP contribution in [0.3, 0.4) is 0 Å². The molecule has 1 heterocycles. The molecule has 0 saturated heterocycles. The summed E-state index contributed by atoms with van der Waals surface area (Å²) in [5.41, 5.74) is 0.788. The van der Waals surface area contributed by atoms with Crippen molar-refractivity contribution in [1.29, 1.82) is 0 Å². The minimum absolute atomic E-state index is 0.00628. The zero-order valence-corrected chi connectivity index (χ0v) is 10.5. The lowest BCUT2D eigenvalue weighted by Gasteiger charge is -2.04. The van der Waals surface area contributed by atoms with E-state index >= 15 is 0 Å². The Kier molecular flexibility index (Phi) is 6.05. The van der Waals surface area contributed by atoms with E-state index in [9.17, 15) is 0 Å². The molecule has 100 valence electrons. The summed E-state index contributed by atoms with van der Waals surface area (Å²) in [6.07, 6.45) is 1.61. The minimum Gasteiger partial charge on any atom is -0.481 e. The molecule has 0 unspecified atom stereocenters. The Bertz CT molecular complexity index is 510. The highest BCUT2D eigenvalue weighted by Crippen LogP contribution is 2.19. The van der Waals surface area contributed by atoms with Crippen molar-refractivity contribution in [2.24, 2.45) is 0 Å². The Labute approximate surface area is 111 Å². The Morgan fingerprint density at radius 2 is 1.89 bits per heavy atom. The third kappa shape index (κ3) is 6.18. The number of ether oxygens (including phenoxy) is 1. The number of benzene rings is 1. The topological polar surface area (TPSA) is 79.7 Å². The maximum Gasteiger partial charge on any atom is 0.300 e. The standard InChI is InChI=1S/C12H11NO2.C2H4O2/c14-9-10-6-7-13-12(8-10)15-11-4-2-1-3-5-11;1-2(3)4/h1-8,14H,9H2;1H3,(H,3,4). The SMILES string of the molecule is CC(=O)O.OCc1ccnc(Oc2ccccc2)c1. The van der Waals surface area contributed by atoms with Crippen molar-refractivity contribution >= 4 is 5.97 Å². The molecule has 0 atom stereocenters. The number of carboxylic acid groups (broad SMARTS) is 1. The van der Waals surface area contributed by atoms with Gasteiger partial charge in [0.1, 0.15) is 5.75 Å². The van der Waals surface area contributed by atoms with Gasteiger partial charge < -0.3 is 14.9 Å². The average Bonchev–Trinajstić information content (AvgIpc) is 2.39. The third-order valence-electron chi connectivity index (χ3n) is 1.95. The van der Waals surface area contributed by atoms with Crippen molar-refractivity contribution in [3.63, 3.8) is 0 Å². The van der Waals surface area contributed by atoms with Crippen molar-refractivity contribution in [1.82, 2.24) is 4.98 Å². The Morgan fingerprint density at radius 1 is 1.26 bits per heavy atom. The van der Waals surface area contributed by atoms with E-state index in [0.717, 1.165) is 18.2 Å². The molecule has 1 aromatic carbocycles. The number of aliphatic hydroxyl groups excluding tert-OH is 1. The van der Waals surface area contributed by atoms with Crippen LogP contribution in [-0.4, -0.2) is 21.2 Å². The molecule has 2 rings (SSSR count). The van der Waals surface area contributed by atoms with E-state index in [1.807, 2.05) is 30.3 Å². The molecule has 0 aliphatic heterocycles. The van der Waals surface area contributed by atoms with Crippen LogP contribution in [0.4, 0.5) is 0 Å². The van der Waals surface area contributed by atoms with Crippen LogP contribution in [0.1, 0.15) is 12.5 Å². The molecule has 0 aliphatic carbocycles. The van der Waals surface area contributed by atoms with Crippen LogP contribution >= 0.6 is 0 Å². The van der Waals surface area contributed by atoms with E-state index in [-0.39, 0.29) is 6.61 Å². The van der Waals surface area contributed by atoms with Gasteiger partial charge in [-0.15, -0.1) is 0 Å². The normalized spacial score (nSPS) is 9.16. The molecular weight excluding hydrogens is 246 g/mol. The van der Waals surface area contributed by atoms with Gasteiger partial charge in [-0.05, 0) is 23.8 Å². The number of hydrogen-bond donors (Lipinski definition) is 2. The van der Waals surface area contributed by atoms with Gasteiger partial charge in [-0.3, -0.25) is 4.79 Å². The monoisotopic (exact) mass is 261 g/mol. The lowest BCUT2D eigenvalue weighted by atomic mass is 10.3. The molecule has 0 radical (unpaired) electrons. The lowest BCUT2D eigenvalue weighted by molar-refractivity contribution is -0.134. The molecule has 0 spiro atoms. The van der Waals surface area contributed by atoms with Gasteiger partial charge in [-0.2, -0.15) is 0 Å². The predicted molar refractivity (Wildman–Crippen MR) is 70.0 cm³/mol. The van der Waals surface area contributed by atoms with E-state index in [1.165, 1.54) is 0 Å². The smallest absolute Gasteiger partial charge is 0.300 e. The van der Waals surface area contributed by atoms with Crippen molar-refractivity contribution in [3.8, 4) is 11.6 Å². The minimum atomic E-state index is -0.833. The van der Waals surface area contributed by atoms with Crippen LogP contribution in [0.25, 0.3) is 0 Å². The van der Waals surface area contributed by atoms with Crippen LogP contribution in [-0.2, 0) is 11.4 Å². The number of aromatic nitrogens is 1. The first-order valence-electron chi connectivity index (χ1n) is 5.60. The van der Waals surface area contributed by atoms with Gasteiger partial charge in [0, 0.05) is 19.2 Å². The molecule has 0 aliphatic rings. The van der Waals surface area contributed by atoms with Crippen LogP contribution in [0.5, 0.6) is 11.6 Å². The Morgan fingerprint density at radius 3 is 2.47 bits per heavy atom. The van der Waals surface area contributed by atoms with Crippen molar-refractivity contribution in [2.75, 3.05) is 0 Å². The Balaban J connectivity index is 0.000000399. The number of carboxylic acids is 1. The van der Waals surface area contributed by atoms with Gasteiger partial charge in [-0.25, -0.2) is 4.98 Å². The number of aliphatic carboxylic acids is 1. The fourth-order valence-electron chi connectivity index (χ4n) is 1.21. The number of aliphatic hydroxyl groups is 1. The average molecular weight is 261 g/mol. The Hall–Kier alpha value is -2.40. The maximum atomic E-state index is 9.00. The molecular formula is C14H15NO4. The second-order valence-electron chi connectivity index (χ2n) is 3.59. The van der Waals surface area contributed by atoms with Crippen LogP contribution in [0.2, 0.25) is 0 Å². The summed E-state index contributed by atoms with van der Waals surface area (Å²) in [7, 11) is 0. The molecule has 1 aromatic heterocycles. The van der Waals surface area contributed by atoms with Crippen molar-refractivity contribution in [2.45, 2.75) is 13.5 Å². The van der Waals surface area contributed by atoms with E-state index in [2.05, 4.69) is 4.98 Å². The first-order chi connectivity index (χ1) is 9.11.